The Morgan fingerprint density at radius 1 is 1.09 bits per heavy atom. The van der Waals surface area contributed by atoms with Crippen LogP contribution in [0.5, 0.6) is 11.5 Å². The summed E-state index contributed by atoms with van der Waals surface area (Å²) in [7, 11) is 0. The Kier molecular flexibility index (Phi) is 11.7. The summed E-state index contributed by atoms with van der Waals surface area (Å²) in [6.45, 7) is 3.70. The Morgan fingerprint density at radius 3 is 2.49 bits per heavy atom. The zero-order valence-electron chi connectivity index (χ0n) is 23.1. The first-order chi connectivity index (χ1) is 20.7. The predicted octanol–water partition coefficient (Wildman–Crippen LogP) is 5.50. The van der Waals surface area contributed by atoms with Crippen molar-refractivity contribution in [3.8, 4) is 11.5 Å². The van der Waals surface area contributed by atoms with Gasteiger partial charge < -0.3 is 24.8 Å². The number of thiocarbonyl (C=S) groups is 1. The summed E-state index contributed by atoms with van der Waals surface area (Å²) in [6.07, 6.45) is 1.53. The molecule has 1 aliphatic rings. The first kappa shape index (κ1) is 32.6. The highest BCUT2D eigenvalue weighted by Crippen LogP contribution is 2.34. The minimum Gasteiger partial charge on any atom is -0.487 e. The van der Waals surface area contributed by atoms with E-state index in [0.717, 1.165) is 18.3 Å². The summed E-state index contributed by atoms with van der Waals surface area (Å²) in [4.78, 5) is 25.3. The fraction of sp³-hybridized carbons (Fsp3) is 0.200. The van der Waals surface area contributed by atoms with E-state index in [2.05, 4.69) is 66.3 Å². The second kappa shape index (κ2) is 15.4. The number of nitrogens with zero attached hydrogens (tertiary/aromatic N) is 1. The van der Waals surface area contributed by atoms with Crippen LogP contribution in [0.15, 0.2) is 77.0 Å². The molecule has 1 amide bonds. The van der Waals surface area contributed by atoms with Gasteiger partial charge in [-0.25, -0.2) is 14.6 Å². The van der Waals surface area contributed by atoms with Gasteiger partial charge in [0, 0.05) is 11.3 Å². The Morgan fingerprint density at radius 2 is 1.79 bits per heavy atom. The van der Waals surface area contributed by atoms with Crippen LogP contribution < -0.4 is 25.5 Å². The molecule has 0 spiro atoms. The van der Waals surface area contributed by atoms with Gasteiger partial charge in [0.15, 0.2) is 11.7 Å². The molecule has 3 N–H and O–H groups in total. The van der Waals surface area contributed by atoms with E-state index in [1.165, 1.54) is 18.3 Å². The Bertz CT molecular complexity index is 1560. The molecule has 0 unspecified atom stereocenters. The van der Waals surface area contributed by atoms with Crippen molar-refractivity contribution < 1.29 is 28.2 Å². The van der Waals surface area contributed by atoms with Gasteiger partial charge in [-0.05, 0) is 113 Å². The molecule has 0 saturated carbocycles. The monoisotopic (exact) mass is 828 g/mol. The van der Waals surface area contributed by atoms with Gasteiger partial charge >= 0.3 is 5.97 Å². The molecule has 224 valence electrons. The van der Waals surface area contributed by atoms with E-state index in [9.17, 15) is 14.0 Å². The van der Waals surface area contributed by atoms with Crippen LogP contribution in [0.4, 0.5) is 4.39 Å². The molecule has 0 aromatic heterocycles. The molecule has 13 heteroatoms. The molecular formula is C30H27FI2N4O5S. The molecule has 9 nitrogen and oxygen atoms in total. The molecule has 3 aromatic rings. The number of rotatable bonds is 11. The van der Waals surface area contributed by atoms with Crippen LogP contribution in [0.3, 0.4) is 0 Å². The number of benzene rings is 3. The maximum atomic E-state index is 13.2. The van der Waals surface area contributed by atoms with E-state index in [0.29, 0.717) is 40.1 Å². The maximum Gasteiger partial charge on any atom is 0.338 e. The van der Waals surface area contributed by atoms with Crippen LogP contribution in [-0.4, -0.2) is 36.4 Å². The summed E-state index contributed by atoms with van der Waals surface area (Å²) in [5, 5.41) is 10.5. The topological polar surface area (TPSA) is 110 Å². The quantitative estimate of drug-likeness (QED) is 0.0766. The zero-order chi connectivity index (χ0) is 30.9. The average molecular weight is 828 g/mol. The first-order valence-corrected chi connectivity index (χ1v) is 15.6. The van der Waals surface area contributed by atoms with Crippen molar-refractivity contribution in [1.29, 1.82) is 0 Å². The predicted molar refractivity (Wildman–Crippen MR) is 181 cm³/mol. The molecule has 3 aromatic carbocycles. The van der Waals surface area contributed by atoms with E-state index in [-0.39, 0.29) is 19.0 Å². The van der Waals surface area contributed by atoms with E-state index in [4.69, 9.17) is 26.4 Å². The van der Waals surface area contributed by atoms with Crippen LogP contribution in [0.2, 0.25) is 0 Å². The molecule has 1 heterocycles. The number of hydrogen-bond donors (Lipinski definition) is 3. The van der Waals surface area contributed by atoms with Crippen LogP contribution in [-0.2, 0) is 20.9 Å². The molecule has 43 heavy (non-hydrogen) atoms. The van der Waals surface area contributed by atoms with E-state index in [1.54, 1.807) is 50.2 Å². The Balaban J connectivity index is 1.37. The number of esters is 1. The summed E-state index contributed by atoms with van der Waals surface area (Å²) in [5.41, 5.74) is 5.65. The van der Waals surface area contributed by atoms with Gasteiger partial charge in [-0.15, -0.1) is 0 Å². The lowest BCUT2D eigenvalue weighted by Gasteiger charge is -2.30. The Hall–Kier alpha value is -3.31. The minimum atomic E-state index is -0.627. The normalized spacial score (nSPS) is 14.6. The molecule has 0 aliphatic carbocycles. The third-order valence-electron chi connectivity index (χ3n) is 6.07. The molecule has 0 fully saturated rings. The maximum absolute atomic E-state index is 13.2. The lowest BCUT2D eigenvalue weighted by molar-refractivity contribution is -0.139. The smallest absolute Gasteiger partial charge is 0.338 e. The highest BCUT2D eigenvalue weighted by atomic mass is 127. The zero-order valence-corrected chi connectivity index (χ0v) is 28.2. The summed E-state index contributed by atoms with van der Waals surface area (Å²) in [6, 6.07) is 16.3. The van der Waals surface area contributed by atoms with Crippen molar-refractivity contribution in [1.82, 2.24) is 16.1 Å². The average Bonchev–Trinajstić information content (AvgIpc) is 2.96. The highest BCUT2D eigenvalue weighted by Gasteiger charge is 2.32. The van der Waals surface area contributed by atoms with Crippen molar-refractivity contribution in [2.24, 2.45) is 5.10 Å². The molecule has 1 aliphatic heterocycles. The van der Waals surface area contributed by atoms with Crippen LogP contribution in [0.25, 0.3) is 0 Å². The lowest BCUT2D eigenvalue weighted by Crippen LogP contribution is -2.45. The van der Waals surface area contributed by atoms with Crippen molar-refractivity contribution in [3.05, 3.63) is 102 Å². The van der Waals surface area contributed by atoms with Crippen molar-refractivity contribution in [2.45, 2.75) is 26.5 Å². The van der Waals surface area contributed by atoms with E-state index >= 15 is 0 Å². The second-order valence-corrected chi connectivity index (χ2v) is 11.9. The van der Waals surface area contributed by atoms with Crippen LogP contribution in [0, 0.1) is 13.0 Å². The molecule has 4 rings (SSSR count). The fourth-order valence-corrected chi connectivity index (χ4v) is 6.54. The third-order valence-corrected chi connectivity index (χ3v) is 7.90. The third kappa shape index (κ3) is 8.86. The minimum absolute atomic E-state index is 0.222. The number of para-hydroxylation sites is 1. The number of hydrazone groups is 1. The van der Waals surface area contributed by atoms with Gasteiger partial charge in [0.1, 0.15) is 23.9 Å². The number of halogens is 3. The molecule has 0 bridgehead atoms. The van der Waals surface area contributed by atoms with Crippen LogP contribution >= 0.6 is 57.4 Å². The molecular weight excluding hydrogens is 801 g/mol. The second-order valence-electron chi connectivity index (χ2n) is 9.14. The van der Waals surface area contributed by atoms with Crippen molar-refractivity contribution >= 4 is 80.6 Å². The van der Waals surface area contributed by atoms with Crippen molar-refractivity contribution in [3.63, 3.8) is 0 Å². The molecule has 0 saturated heterocycles. The van der Waals surface area contributed by atoms with E-state index in [1.807, 2.05) is 12.1 Å². The number of nitrogens with one attached hydrogen (secondary N) is 3. The van der Waals surface area contributed by atoms with E-state index < -0.39 is 17.9 Å². The molecule has 0 radical (unpaired) electrons. The van der Waals surface area contributed by atoms with Gasteiger partial charge in [0.05, 0.1) is 31.6 Å². The van der Waals surface area contributed by atoms with Gasteiger partial charge in [0.25, 0.3) is 5.91 Å². The number of carbonyl (C=O) groups excluding carboxylic acids is 2. The van der Waals surface area contributed by atoms with Gasteiger partial charge in [-0.2, -0.15) is 5.10 Å². The van der Waals surface area contributed by atoms with Gasteiger partial charge in [0.2, 0.25) is 0 Å². The molecule has 1 atom stereocenters. The largest absolute Gasteiger partial charge is 0.487 e. The highest BCUT2D eigenvalue weighted by molar-refractivity contribution is 14.1. The first-order valence-electron chi connectivity index (χ1n) is 13.0. The summed E-state index contributed by atoms with van der Waals surface area (Å²) >= 11 is 9.65. The van der Waals surface area contributed by atoms with Gasteiger partial charge in [-0.3, -0.25) is 4.79 Å². The van der Waals surface area contributed by atoms with Crippen molar-refractivity contribution in [2.75, 3.05) is 13.2 Å². The summed E-state index contributed by atoms with van der Waals surface area (Å²) < 4.78 is 31.9. The fourth-order valence-electron chi connectivity index (χ4n) is 4.14. The number of hydrogen-bond acceptors (Lipinski definition) is 7. The number of carbonyl (C=O) groups is 2. The van der Waals surface area contributed by atoms with Crippen LogP contribution in [0.1, 0.15) is 36.6 Å². The number of amides is 1. The summed E-state index contributed by atoms with van der Waals surface area (Å²) in [5.74, 6) is -0.138. The number of ether oxygens (including phenoxy) is 3. The standard InChI is InChI=1S/C30H27FI2N4O5S/c1-3-40-29(39)26-17(2)35-30(43)36-27(26)21-6-4-5-7-24(21)41-16-25(38)37-34-14-19-12-22(32)28(23(33)13-19)42-15-18-8-10-20(31)11-9-18/h4-14,27H,3,15-16H2,1-2H3,(H,37,38)(H2,35,36,43)/t27-/m0/s1. The SMILES string of the molecule is CCOC(=O)C1=C(C)NC(=S)N[C@H]1c1ccccc1OCC(=O)NN=Cc1cc(I)c(OCc2ccc(F)cc2)c(I)c1. The Labute approximate surface area is 280 Å². The number of allylic oxidation sites excluding steroid dienone is 1. The van der Waals surface area contributed by atoms with Gasteiger partial charge in [-0.1, -0.05) is 30.3 Å². The lowest BCUT2D eigenvalue weighted by atomic mass is 9.95.